The monoisotopic (exact) mass is 274 g/mol. The van der Waals surface area contributed by atoms with Gasteiger partial charge in [0.15, 0.2) is 6.23 Å². The van der Waals surface area contributed by atoms with E-state index in [1.165, 1.54) is 6.92 Å². The molecule has 0 unspecified atom stereocenters. The molecule has 1 aliphatic rings. The number of aliphatic hydroxyl groups excluding tert-OH is 3. The molecule has 1 heterocycles. The van der Waals surface area contributed by atoms with Crippen LogP contribution in [-0.4, -0.2) is 64.3 Å². The summed E-state index contributed by atoms with van der Waals surface area (Å²) in [6.45, 7) is 3.96. The van der Waals surface area contributed by atoms with E-state index in [0.717, 1.165) is 6.08 Å². The lowest BCUT2D eigenvalue weighted by molar-refractivity contribution is -0.202. The van der Waals surface area contributed by atoms with E-state index in [4.69, 9.17) is 9.84 Å². The van der Waals surface area contributed by atoms with Crippen LogP contribution >= 0.6 is 0 Å². The van der Waals surface area contributed by atoms with Crippen molar-refractivity contribution in [1.29, 1.82) is 0 Å². The first-order valence-electron chi connectivity index (χ1n) is 5.73. The maximum Gasteiger partial charge on any atom is 0.245 e. The summed E-state index contributed by atoms with van der Waals surface area (Å²) in [5, 5.41) is 33.4. The van der Waals surface area contributed by atoms with Crippen molar-refractivity contribution < 1.29 is 29.6 Å². The molecule has 0 aromatic heterocycles. The van der Waals surface area contributed by atoms with Crippen molar-refractivity contribution >= 4 is 11.8 Å². The third-order valence-electron chi connectivity index (χ3n) is 2.77. The molecule has 0 bridgehead atoms. The molecule has 5 atom stereocenters. The summed E-state index contributed by atoms with van der Waals surface area (Å²) in [5.74, 6) is -1.03. The number of hydrogen-bond donors (Lipinski definition) is 5. The second kappa shape index (κ2) is 6.62. The molecule has 19 heavy (non-hydrogen) atoms. The predicted molar refractivity (Wildman–Crippen MR) is 63.7 cm³/mol. The molecule has 0 aliphatic carbocycles. The number of carbonyl (C=O) groups is 2. The molecule has 2 amide bonds. The van der Waals surface area contributed by atoms with Gasteiger partial charge in [-0.1, -0.05) is 6.58 Å². The molecule has 1 aliphatic heterocycles. The predicted octanol–water partition coefficient (Wildman–Crippen LogP) is -2.77. The number of carbonyl (C=O) groups excluding carboxylic acids is 2. The average Bonchev–Trinajstić information content (AvgIpc) is 2.37. The lowest BCUT2D eigenvalue weighted by Gasteiger charge is -2.42. The van der Waals surface area contributed by atoms with E-state index < -0.39 is 49.0 Å². The summed E-state index contributed by atoms with van der Waals surface area (Å²) < 4.78 is 5.25. The third kappa shape index (κ3) is 3.74. The number of aliphatic hydroxyl groups is 3. The molecule has 0 aromatic carbocycles. The van der Waals surface area contributed by atoms with Crippen molar-refractivity contribution in [3.8, 4) is 0 Å². The molecule has 0 saturated carbocycles. The zero-order valence-corrected chi connectivity index (χ0v) is 10.4. The number of ether oxygens (including phenoxy) is 1. The Morgan fingerprint density at radius 2 is 1.95 bits per heavy atom. The topological polar surface area (TPSA) is 128 Å². The van der Waals surface area contributed by atoms with Crippen LogP contribution in [0.2, 0.25) is 0 Å². The Balaban J connectivity index is 2.88. The van der Waals surface area contributed by atoms with Crippen LogP contribution in [0, 0.1) is 0 Å². The number of amides is 2. The highest BCUT2D eigenvalue weighted by Crippen LogP contribution is 2.19. The van der Waals surface area contributed by atoms with Gasteiger partial charge in [-0.15, -0.1) is 0 Å². The fourth-order valence-electron chi connectivity index (χ4n) is 1.83. The SMILES string of the molecule is C=CC(=O)N[C@@H]1O[C@H](CO)[C@@H](O)[C@H](O)[C@H]1NC(C)=O. The summed E-state index contributed by atoms with van der Waals surface area (Å²) in [6.07, 6.45) is -3.90. The minimum Gasteiger partial charge on any atom is -0.394 e. The molecular formula is C11H18N2O6. The summed E-state index contributed by atoms with van der Waals surface area (Å²) in [6, 6.07) is -1.03. The Bertz CT molecular complexity index is 361. The van der Waals surface area contributed by atoms with Gasteiger partial charge in [0.1, 0.15) is 24.4 Å². The van der Waals surface area contributed by atoms with E-state index in [2.05, 4.69) is 17.2 Å². The van der Waals surface area contributed by atoms with Crippen LogP contribution in [0.4, 0.5) is 0 Å². The zero-order valence-electron chi connectivity index (χ0n) is 10.4. The molecule has 0 spiro atoms. The molecular weight excluding hydrogens is 256 g/mol. The van der Waals surface area contributed by atoms with Gasteiger partial charge >= 0.3 is 0 Å². The Kier molecular flexibility index (Phi) is 5.43. The van der Waals surface area contributed by atoms with Gasteiger partial charge in [0.05, 0.1) is 6.61 Å². The van der Waals surface area contributed by atoms with E-state index in [0.29, 0.717) is 0 Å². The van der Waals surface area contributed by atoms with E-state index in [1.54, 1.807) is 0 Å². The first-order valence-corrected chi connectivity index (χ1v) is 5.73. The van der Waals surface area contributed by atoms with Crippen molar-refractivity contribution in [3.63, 3.8) is 0 Å². The third-order valence-corrected chi connectivity index (χ3v) is 2.77. The molecule has 1 saturated heterocycles. The highest BCUT2D eigenvalue weighted by molar-refractivity contribution is 5.87. The van der Waals surface area contributed by atoms with E-state index in [-0.39, 0.29) is 0 Å². The van der Waals surface area contributed by atoms with Crippen molar-refractivity contribution in [2.24, 2.45) is 0 Å². The first kappa shape index (κ1) is 15.6. The molecule has 1 fully saturated rings. The molecule has 1 rings (SSSR count). The standard InChI is InChI=1S/C11H18N2O6/c1-3-7(16)13-11-8(12-5(2)15)10(18)9(17)6(4-14)19-11/h3,6,8-11,14,17-18H,1,4H2,2H3,(H,12,15)(H,13,16)/t6-,8-,9-,10-,11-/m1/s1. The highest BCUT2D eigenvalue weighted by Gasteiger charge is 2.45. The van der Waals surface area contributed by atoms with Crippen LogP contribution in [-0.2, 0) is 14.3 Å². The molecule has 0 radical (unpaired) electrons. The second-order valence-electron chi connectivity index (χ2n) is 4.20. The molecule has 108 valence electrons. The Hall–Kier alpha value is -1.48. The summed E-state index contributed by atoms with van der Waals surface area (Å²) in [5.41, 5.74) is 0. The summed E-state index contributed by atoms with van der Waals surface area (Å²) in [7, 11) is 0. The first-order chi connectivity index (χ1) is 8.90. The van der Waals surface area contributed by atoms with Gasteiger partial charge in [-0.25, -0.2) is 0 Å². The summed E-state index contributed by atoms with van der Waals surface area (Å²) in [4.78, 5) is 22.3. The largest absolute Gasteiger partial charge is 0.394 e. The van der Waals surface area contributed by atoms with Gasteiger partial charge in [-0.05, 0) is 6.08 Å². The Morgan fingerprint density at radius 3 is 2.42 bits per heavy atom. The Morgan fingerprint density at radius 1 is 1.32 bits per heavy atom. The van der Waals surface area contributed by atoms with Gasteiger partial charge in [-0.3, -0.25) is 9.59 Å². The van der Waals surface area contributed by atoms with Gasteiger partial charge in [0, 0.05) is 6.92 Å². The maximum atomic E-state index is 11.3. The van der Waals surface area contributed by atoms with Crippen molar-refractivity contribution in [3.05, 3.63) is 12.7 Å². The minimum absolute atomic E-state index is 0.458. The normalized spacial score (nSPS) is 34.4. The maximum absolute atomic E-state index is 11.3. The Labute approximate surface area is 110 Å². The van der Waals surface area contributed by atoms with Crippen molar-refractivity contribution in [2.75, 3.05) is 6.61 Å². The molecule has 5 N–H and O–H groups in total. The smallest absolute Gasteiger partial charge is 0.245 e. The van der Waals surface area contributed by atoms with Gasteiger partial charge < -0.3 is 30.7 Å². The minimum atomic E-state index is -1.38. The number of hydrogen-bond acceptors (Lipinski definition) is 6. The van der Waals surface area contributed by atoms with Gasteiger partial charge in [0.2, 0.25) is 11.8 Å². The summed E-state index contributed by atoms with van der Waals surface area (Å²) >= 11 is 0. The van der Waals surface area contributed by atoms with Crippen LogP contribution < -0.4 is 10.6 Å². The highest BCUT2D eigenvalue weighted by atomic mass is 16.5. The number of rotatable bonds is 4. The molecule has 8 nitrogen and oxygen atoms in total. The second-order valence-corrected chi connectivity index (χ2v) is 4.20. The van der Waals surface area contributed by atoms with Gasteiger partial charge in [0.25, 0.3) is 0 Å². The lowest BCUT2D eigenvalue weighted by Crippen LogP contribution is -2.67. The van der Waals surface area contributed by atoms with Crippen LogP contribution in [0.5, 0.6) is 0 Å². The van der Waals surface area contributed by atoms with E-state index in [1.807, 2.05) is 0 Å². The fourth-order valence-corrected chi connectivity index (χ4v) is 1.83. The zero-order chi connectivity index (χ0) is 14.6. The van der Waals surface area contributed by atoms with Crippen molar-refractivity contribution in [1.82, 2.24) is 10.6 Å². The molecule has 0 aromatic rings. The lowest BCUT2D eigenvalue weighted by atomic mass is 9.96. The van der Waals surface area contributed by atoms with Crippen LogP contribution in [0.25, 0.3) is 0 Å². The van der Waals surface area contributed by atoms with Crippen molar-refractivity contribution in [2.45, 2.75) is 37.5 Å². The van der Waals surface area contributed by atoms with E-state index >= 15 is 0 Å². The van der Waals surface area contributed by atoms with E-state index in [9.17, 15) is 19.8 Å². The quantitative estimate of drug-likeness (QED) is 0.353. The number of nitrogens with one attached hydrogen (secondary N) is 2. The average molecular weight is 274 g/mol. The fraction of sp³-hybridized carbons (Fsp3) is 0.636. The van der Waals surface area contributed by atoms with Crippen LogP contribution in [0.1, 0.15) is 6.92 Å². The van der Waals surface area contributed by atoms with Crippen LogP contribution in [0.3, 0.4) is 0 Å². The van der Waals surface area contributed by atoms with Gasteiger partial charge in [-0.2, -0.15) is 0 Å². The molecule has 8 heteroatoms. The van der Waals surface area contributed by atoms with Crippen LogP contribution in [0.15, 0.2) is 12.7 Å².